The summed E-state index contributed by atoms with van der Waals surface area (Å²) in [6, 6.07) is 0. The fraction of sp³-hybridized carbons (Fsp3) is 0.917. The van der Waals surface area contributed by atoms with Gasteiger partial charge >= 0.3 is 5.97 Å². The zero-order chi connectivity index (χ0) is 11.5. The van der Waals surface area contributed by atoms with Gasteiger partial charge < -0.3 is 10.0 Å². The Morgan fingerprint density at radius 1 is 1.27 bits per heavy atom. The van der Waals surface area contributed by atoms with E-state index >= 15 is 0 Å². The molecule has 1 fully saturated rings. The average molecular weight is 213 g/mol. The van der Waals surface area contributed by atoms with Crippen molar-refractivity contribution < 1.29 is 9.90 Å². The van der Waals surface area contributed by atoms with Crippen molar-refractivity contribution in [3.05, 3.63) is 0 Å². The van der Waals surface area contributed by atoms with Crippen LogP contribution in [-0.2, 0) is 4.79 Å². The summed E-state index contributed by atoms with van der Waals surface area (Å²) in [6.45, 7) is 9.28. The maximum atomic E-state index is 10.7. The van der Waals surface area contributed by atoms with Crippen LogP contribution in [0, 0.1) is 11.3 Å². The highest BCUT2D eigenvalue weighted by atomic mass is 16.4. The van der Waals surface area contributed by atoms with E-state index in [9.17, 15) is 4.79 Å². The van der Waals surface area contributed by atoms with E-state index < -0.39 is 5.97 Å². The lowest BCUT2D eigenvalue weighted by Crippen LogP contribution is -2.53. The van der Waals surface area contributed by atoms with Crippen LogP contribution >= 0.6 is 0 Å². The third-order valence-electron chi connectivity index (χ3n) is 4.12. The van der Waals surface area contributed by atoms with Gasteiger partial charge in [-0.1, -0.05) is 20.8 Å². The number of likely N-dealkylation sites (tertiary alicyclic amines) is 1. The lowest BCUT2D eigenvalue weighted by molar-refractivity contribution is -0.148. The van der Waals surface area contributed by atoms with Crippen LogP contribution in [-0.4, -0.2) is 35.6 Å². The maximum Gasteiger partial charge on any atom is 0.309 e. The van der Waals surface area contributed by atoms with Crippen LogP contribution in [0.1, 0.15) is 40.0 Å². The summed E-state index contributed by atoms with van der Waals surface area (Å²) >= 11 is 0. The van der Waals surface area contributed by atoms with Gasteiger partial charge in [-0.3, -0.25) is 4.79 Å². The smallest absolute Gasteiger partial charge is 0.309 e. The van der Waals surface area contributed by atoms with Gasteiger partial charge in [0.1, 0.15) is 0 Å². The molecule has 3 heteroatoms. The molecule has 15 heavy (non-hydrogen) atoms. The molecule has 0 radical (unpaired) electrons. The minimum Gasteiger partial charge on any atom is -0.481 e. The first-order valence-electron chi connectivity index (χ1n) is 6.02. The average Bonchev–Trinajstić information content (AvgIpc) is 2.17. The van der Waals surface area contributed by atoms with Crippen molar-refractivity contribution in [2.45, 2.75) is 40.0 Å². The molecule has 0 aromatic carbocycles. The van der Waals surface area contributed by atoms with E-state index in [1.165, 1.54) is 19.3 Å². The van der Waals surface area contributed by atoms with Crippen LogP contribution in [0.2, 0.25) is 0 Å². The Bertz CT molecular complexity index is 209. The van der Waals surface area contributed by atoms with E-state index in [1.807, 2.05) is 0 Å². The molecule has 0 unspecified atom stereocenters. The molecule has 0 aliphatic carbocycles. The minimum atomic E-state index is -0.638. The van der Waals surface area contributed by atoms with Gasteiger partial charge in [-0.15, -0.1) is 0 Å². The third kappa shape index (κ3) is 2.71. The van der Waals surface area contributed by atoms with Crippen molar-refractivity contribution in [3.8, 4) is 0 Å². The van der Waals surface area contributed by atoms with Crippen LogP contribution in [0.25, 0.3) is 0 Å². The summed E-state index contributed by atoms with van der Waals surface area (Å²) in [7, 11) is 0. The molecular weight excluding hydrogens is 190 g/mol. The number of carboxylic acid groups (broad SMARTS) is 1. The number of nitrogens with zero attached hydrogens (tertiary/aromatic N) is 1. The molecular formula is C12H23NO2. The predicted molar refractivity (Wildman–Crippen MR) is 60.9 cm³/mol. The van der Waals surface area contributed by atoms with E-state index in [0.717, 1.165) is 19.6 Å². The molecule has 0 spiro atoms. The number of aliphatic carboxylic acids is 1. The summed E-state index contributed by atoms with van der Waals surface area (Å²) in [4.78, 5) is 13.0. The second-order valence-electron chi connectivity index (χ2n) is 4.79. The molecule has 0 saturated carbocycles. The molecule has 1 aliphatic rings. The van der Waals surface area contributed by atoms with Gasteiger partial charge in [0.05, 0.1) is 5.92 Å². The molecule has 1 saturated heterocycles. The Hall–Kier alpha value is -0.570. The van der Waals surface area contributed by atoms with Gasteiger partial charge in [0.15, 0.2) is 0 Å². The zero-order valence-electron chi connectivity index (χ0n) is 10.1. The lowest BCUT2D eigenvalue weighted by atomic mass is 9.78. The van der Waals surface area contributed by atoms with Crippen LogP contribution in [0.3, 0.4) is 0 Å². The topological polar surface area (TPSA) is 40.5 Å². The molecule has 0 bridgehead atoms. The molecule has 0 aromatic heterocycles. The van der Waals surface area contributed by atoms with Crippen molar-refractivity contribution in [1.82, 2.24) is 4.90 Å². The highest BCUT2D eigenvalue weighted by Gasteiger charge is 2.36. The van der Waals surface area contributed by atoms with Gasteiger partial charge in [-0.2, -0.15) is 0 Å². The molecule has 1 heterocycles. The molecule has 1 N–H and O–H groups in total. The number of hydrogen-bond donors (Lipinski definition) is 1. The first-order chi connectivity index (χ1) is 7.06. The van der Waals surface area contributed by atoms with E-state index in [-0.39, 0.29) is 5.92 Å². The summed E-state index contributed by atoms with van der Waals surface area (Å²) in [6.07, 6.45) is 3.57. The number of hydrogen-bond acceptors (Lipinski definition) is 2. The Morgan fingerprint density at radius 3 is 2.07 bits per heavy atom. The summed E-state index contributed by atoms with van der Waals surface area (Å²) in [5.74, 6) is -0.755. The van der Waals surface area contributed by atoms with Crippen LogP contribution in [0.5, 0.6) is 0 Å². The molecule has 1 aliphatic heterocycles. The monoisotopic (exact) mass is 213 g/mol. The zero-order valence-corrected chi connectivity index (χ0v) is 10.1. The Kier molecular flexibility index (Phi) is 4.14. The first kappa shape index (κ1) is 12.5. The van der Waals surface area contributed by atoms with E-state index in [0.29, 0.717) is 5.41 Å². The van der Waals surface area contributed by atoms with Gasteiger partial charge in [0.25, 0.3) is 0 Å². The van der Waals surface area contributed by atoms with Crippen LogP contribution in [0.15, 0.2) is 0 Å². The highest BCUT2D eigenvalue weighted by molar-refractivity contribution is 5.71. The molecule has 3 nitrogen and oxygen atoms in total. The van der Waals surface area contributed by atoms with Crippen molar-refractivity contribution in [2.24, 2.45) is 11.3 Å². The minimum absolute atomic E-state index is 0.117. The van der Waals surface area contributed by atoms with Gasteiger partial charge in [-0.25, -0.2) is 0 Å². The number of rotatable bonds is 6. The summed E-state index contributed by atoms with van der Waals surface area (Å²) < 4.78 is 0. The van der Waals surface area contributed by atoms with Crippen molar-refractivity contribution in [1.29, 1.82) is 0 Å². The largest absolute Gasteiger partial charge is 0.481 e. The van der Waals surface area contributed by atoms with Crippen molar-refractivity contribution in [3.63, 3.8) is 0 Å². The molecule has 0 amide bonds. The summed E-state index contributed by atoms with van der Waals surface area (Å²) in [5, 5.41) is 8.79. The SMILES string of the molecule is CCC(CC)(CC)CN1CC(C(=O)O)C1. The highest BCUT2D eigenvalue weighted by Crippen LogP contribution is 2.33. The Balaban J connectivity index is 2.39. The van der Waals surface area contributed by atoms with Crippen molar-refractivity contribution >= 4 is 5.97 Å². The fourth-order valence-electron chi connectivity index (χ4n) is 2.41. The molecule has 1 rings (SSSR count). The van der Waals surface area contributed by atoms with Crippen LogP contribution in [0.4, 0.5) is 0 Å². The predicted octanol–water partition coefficient (Wildman–Crippen LogP) is 2.22. The van der Waals surface area contributed by atoms with E-state index in [4.69, 9.17) is 5.11 Å². The second-order valence-corrected chi connectivity index (χ2v) is 4.79. The number of carboxylic acids is 1. The standard InChI is InChI=1S/C12H23NO2/c1-4-12(5-2,6-3)9-13-7-10(8-13)11(14)15/h10H,4-9H2,1-3H3,(H,14,15). The van der Waals surface area contributed by atoms with Gasteiger partial charge in [0, 0.05) is 19.6 Å². The lowest BCUT2D eigenvalue weighted by Gasteiger charge is -2.43. The molecule has 0 aromatic rings. The normalized spacial score (nSPS) is 18.9. The molecule has 88 valence electrons. The number of carbonyl (C=O) groups is 1. The van der Waals surface area contributed by atoms with Gasteiger partial charge in [-0.05, 0) is 24.7 Å². The second kappa shape index (κ2) is 4.97. The Morgan fingerprint density at radius 2 is 1.73 bits per heavy atom. The summed E-state index contributed by atoms with van der Waals surface area (Å²) in [5.41, 5.74) is 0.406. The van der Waals surface area contributed by atoms with Crippen molar-refractivity contribution in [2.75, 3.05) is 19.6 Å². The fourth-order valence-corrected chi connectivity index (χ4v) is 2.41. The van der Waals surface area contributed by atoms with Gasteiger partial charge in [0.2, 0.25) is 0 Å². The quantitative estimate of drug-likeness (QED) is 0.735. The Labute approximate surface area is 92.5 Å². The first-order valence-corrected chi connectivity index (χ1v) is 6.02. The van der Waals surface area contributed by atoms with Crippen LogP contribution < -0.4 is 0 Å². The maximum absolute atomic E-state index is 10.7. The molecule has 0 atom stereocenters. The third-order valence-corrected chi connectivity index (χ3v) is 4.12. The van der Waals surface area contributed by atoms with E-state index in [2.05, 4.69) is 25.7 Å². The van der Waals surface area contributed by atoms with E-state index in [1.54, 1.807) is 0 Å².